The summed E-state index contributed by atoms with van der Waals surface area (Å²) in [5.74, 6) is 0.0439. The molecule has 2 aliphatic heterocycles. The van der Waals surface area contributed by atoms with Crippen LogP contribution < -0.4 is 5.32 Å². The van der Waals surface area contributed by atoms with Crippen molar-refractivity contribution in [3.05, 3.63) is 35.6 Å². The van der Waals surface area contributed by atoms with Crippen molar-refractivity contribution in [1.82, 2.24) is 10.2 Å². The lowest BCUT2D eigenvalue weighted by atomic mass is 9.75. The first-order valence-electron chi connectivity index (χ1n) is 8.81. The van der Waals surface area contributed by atoms with Crippen LogP contribution in [0.3, 0.4) is 0 Å². The van der Waals surface area contributed by atoms with Crippen LogP contribution in [0.4, 0.5) is 9.18 Å². The van der Waals surface area contributed by atoms with E-state index in [0.717, 1.165) is 37.7 Å². The zero-order chi connectivity index (χ0) is 16.7. The number of amides is 2. The molecule has 0 radical (unpaired) electrons. The van der Waals surface area contributed by atoms with Crippen LogP contribution in [0.2, 0.25) is 0 Å². The van der Waals surface area contributed by atoms with E-state index in [9.17, 15) is 13.4 Å². The minimum Gasteiger partial charge on any atom is -0.335 e. The van der Waals surface area contributed by atoms with E-state index in [4.69, 9.17) is 0 Å². The predicted molar refractivity (Wildman–Crippen MR) is 91.8 cm³/mol. The molecule has 1 aromatic rings. The average molecular weight is 350 g/mol. The summed E-state index contributed by atoms with van der Waals surface area (Å²) < 4.78 is 26.0. The molecular formula is C18H23FN2O2S. The molecule has 2 heterocycles. The Morgan fingerprint density at radius 1 is 1.17 bits per heavy atom. The van der Waals surface area contributed by atoms with Gasteiger partial charge in [-0.25, -0.2) is 9.18 Å². The van der Waals surface area contributed by atoms with Crippen molar-refractivity contribution in [1.29, 1.82) is 0 Å². The molecule has 4 nitrogen and oxygen atoms in total. The molecule has 3 fully saturated rings. The van der Waals surface area contributed by atoms with Gasteiger partial charge in [-0.1, -0.05) is 18.2 Å². The van der Waals surface area contributed by atoms with Gasteiger partial charge in [-0.15, -0.1) is 0 Å². The molecule has 1 N–H and O–H groups in total. The number of urea groups is 1. The Bertz CT molecular complexity index is 662. The fourth-order valence-corrected chi connectivity index (χ4v) is 6.13. The van der Waals surface area contributed by atoms with Crippen molar-refractivity contribution in [2.75, 3.05) is 13.1 Å². The second kappa shape index (κ2) is 6.47. The van der Waals surface area contributed by atoms with Crippen molar-refractivity contribution in [2.24, 2.45) is 0 Å². The van der Waals surface area contributed by atoms with E-state index < -0.39 is 10.8 Å². The van der Waals surface area contributed by atoms with Gasteiger partial charge in [-0.05, 0) is 49.7 Å². The molecule has 24 heavy (non-hydrogen) atoms. The minimum atomic E-state index is -0.770. The summed E-state index contributed by atoms with van der Waals surface area (Å²) in [6.45, 7) is 1.31. The zero-order valence-electron chi connectivity index (χ0n) is 13.6. The number of carbonyl (C=O) groups is 1. The van der Waals surface area contributed by atoms with Gasteiger partial charge in [0.15, 0.2) is 0 Å². The number of benzene rings is 1. The van der Waals surface area contributed by atoms with Gasteiger partial charge in [0.05, 0.1) is 5.25 Å². The summed E-state index contributed by atoms with van der Waals surface area (Å²) in [5, 5.41) is 3.50. The van der Waals surface area contributed by atoms with E-state index in [0.29, 0.717) is 13.1 Å². The Labute approximate surface area is 144 Å². The minimum absolute atomic E-state index is 0.0449. The van der Waals surface area contributed by atoms with Crippen molar-refractivity contribution in [3.63, 3.8) is 0 Å². The maximum Gasteiger partial charge on any atom is 0.317 e. The van der Waals surface area contributed by atoms with Gasteiger partial charge in [0.25, 0.3) is 0 Å². The quantitative estimate of drug-likeness (QED) is 0.892. The van der Waals surface area contributed by atoms with Gasteiger partial charge < -0.3 is 10.2 Å². The van der Waals surface area contributed by atoms with Crippen LogP contribution in [0.5, 0.6) is 0 Å². The van der Waals surface area contributed by atoms with E-state index in [2.05, 4.69) is 5.32 Å². The summed E-state index contributed by atoms with van der Waals surface area (Å²) in [5.41, 5.74) is 0.755. The Kier molecular flexibility index (Phi) is 4.33. The highest BCUT2D eigenvalue weighted by Gasteiger charge is 2.39. The van der Waals surface area contributed by atoms with E-state index in [1.165, 1.54) is 6.07 Å². The summed E-state index contributed by atoms with van der Waals surface area (Å²) >= 11 is 0. The highest BCUT2D eigenvalue weighted by atomic mass is 32.2. The fourth-order valence-electron chi connectivity index (χ4n) is 4.18. The Morgan fingerprint density at radius 2 is 1.92 bits per heavy atom. The summed E-state index contributed by atoms with van der Waals surface area (Å²) in [4.78, 5) is 14.3. The maximum atomic E-state index is 13.8. The third kappa shape index (κ3) is 2.96. The smallest absolute Gasteiger partial charge is 0.317 e. The van der Waals surface area contributed by atoms with Crippen LogP contribution in [0, 0.1) is 5.82 Å². The van der Waals surface area contributed by atoms with Gasteiger partial charge in [-0.2, -0.15) is 0 Å². The zero-order valence-corrected chi connectivity index (χ0v) is 14.4. The lowest BCUT2D eigenvalue weighted by molar-refractivity contribution is 0.180. The van der Waals surface area contributed by atoms with E-state index in [-0.39, 0.29) is 34.3 Å². The number of hydrogen-bond acceptors (Lipinski definition) is 2. The van der Waals surface area contributed by atoms with E-state index >= 15 is 0 Å². The Hall–Kier alpha value is -1.43. The first kappa shape index (κ1) is 16.1. The number of carbonyl (C=O) groups excluding carboxylic acids is 1. The second-order valence-corrected chi connectivity index (χ2v) is 9.21. The molecule has 130 valence electrons. The summed E-state index contributed by atoms with van der Waals surface area (Å²) in [6.07, 6.45) is 4.44. The Balaban J connectivity index is 1.30. The molecule has 1 saturated carbocycles. The third-order valence-electron chi connectivity index (χ3n) is 5.71. The molecule has 3 unspecified atom stereocenters. The molecule has 0 spiro atoms. The fraction of sp³-hybridized carbons (Fsp3) is 0.611. The maximum absolute atomic E-state index is 13.8. The SMILES string of the molecule is O=C(NC1CC(c2ccccc2F)C1)N1CCC2CCC(C1)S2=O. The highest BCUT2D eigenvalue weighted by molar-refractivity contribution is 7.86. The molecule has 1 aliphatic carbocycles. The molecule has 2 bridgehead atoms. The topological polar surface area (TPSA) is 49.4 Å². The monoisotopic (exact) mass is 350 g/mol. The van der Waals surface area contributed by atoms with Crippen molar-refractivity contribution >= 4 is 16.8 Å². The van der Waals surface area contributed by atoms with Crippen LogP contribution in [0.25, 0.3) is 0 Å². The molecule has 3 atom stereocenters. The molecule has 2 amide bonds. The van der Waals surface area contributed by atoms with Crippen molar-refractivity contribution < 1.29 is 13.4 Å². The van der Waals surface area contributed by atoms with E-state index in [1.807, 2.05) is 17.0 Å². The van der Waals surface area contributed by atoms with Gasteiger partial charge in [0.1, 0.15) is 5.82 Å². The number of nitrogens with one attached hydrogen (secondary N) is 1. The van der Waals surface area contributed by atoms with Gasteiger partial charge >= 0.3 is 6.03 Å². The van der Waals surface area contributed by atoms with Crippen LogP contribution >= 0.6 is 0 Å². The molecule has 3 aliphatic rings. The largest absolute Gasteiger partial charge is 0.335 e. The van der Waals surface area contributed by atoms with Crippen LogP contribution in [-0.4, -0.2) is 44.8 Å². The summed E-state index contributed by atoms with van der Waals surface area (Å²) in [6, 6.07) is 6.96. The third-order valence-corrected chi connectivity index (χ3v) is 7.88. The number of rotatable bonds is 2. The van der Waals surface area contributed by atoms with Crippen LogP contribution in [0.1, 0.15) is 43.6 Å². The molecule has 6 heteroatoms. The van der Waals surface area contributed by atoms with Crippen molar-refractivity contribution in [2.45, 2.75) is 54.6 Å². The van der Waals surface area contributed by atoms with Crippen LogP contribution in [0.15, 0.2) is 24.3 Å². The first-order valence-corrected chi connectivity index (χ1v) is 10.1. The van der Waals surface area contributed by atoms with Gasteiger partial charge in [0.2, 0.25) is 0 Å². The van der Waals surface area contributed by atoms with Gasteiger partial charge in [0, 0.05) is 35.2 Å². The van der Waals surface area contributed by atoms with Gasteiger partial charge in [-0.3, -0.25) is 4.21 Å². The standard InChI is InChI=1S/C18H23FN2O2S/c19-17-4-2-1-3-16(17)12-9-13(10-12)20-18(22)21-8-7-14-5-6-15(11-21)24(14)23/h1-4,12-15H,5-11H2,(H,20,22). The van der Waals surface area contributed by atoms with Crippen molar-refractivity contribution in [3.8, 4) is 0 Å². The summed E-state index contributed by atoms with van der Waals surface area (Å²) in [7, 11) is -0.770. The highest BCUT2D eigenvalue weighted by Crippen LogP contribution is 2.38. The first-order chi connectivity index (χ1) is 11.6. The number of fused-ring (bicyclic) bond motifs is 2. The number of halogens is 1. The lowest BCUT2D eigenvalue weighted by Gasteiger charge is -2.37. The molecule has 2 saturated heterocycles. The van der Waals surface area contributed by atoms with Crippen LogP contribution in [-0.2, 0) is 10.8 Å². The number of nitrogens with zero attached hydrogens (tertiary/aromatic N) is 1. The predicted octanol–water partition coefficient (Wildman–Crippen LogP) is 2.77. The van der Waals surface area contributed by atoms with E-state index in [1.54, 1.807) is 6.07 Å². The lowest BCUT2D eigenvalue weighted by Crippen LogP contribution is -2.50. The molecule has 4 rings (SSSR count). The number of hydrogen-bond donors (Lipinski definition) is 1. The molecular weight excluding hydrogens is 327 g/mol. The molecule has 0 aromatic heterocycles. The normalized spacial score (nSPS) is 35.2. The number of likely N-dealkylation sites (tertiary alicyclic amines) is 1. The second-order valence-electron chi connectivity index (χ2n) is 7.22. The Morgan fingerprint density at radius 3 is 2.71 bits per heavy atom. The average Bonchev–Trinajstić information content (AvgIpc) is 2.76. The molecule has 1 aromatic carbocycles.